The maximum Gasteiger partial charge on any atom is 0.323 e. The van der Waals surface area contributed by atoms with Crippen molar-refractivity contribution in [3.05, 3.63) is 11.9 Å². The lowest BCUT2D eigenvalue weighted by atomic mass is 10.4. The van der Waals surface area contributed by atoms with E-state index in [-0.39, 0.29) is 25.5 Å². The van der Waals surface area contributed by atoms with Gasteiger partial charge in [0.25, 0.3) is 0 Å². The molecule has 0 fully saturated rings. The summed E-state index contributed by atoms with van der Waals surface area (Å²) < 4.78 is 1.32. The molecule has 0 aliphatic heterocycles. The number of aliphatic carboxylic acids is 1. The maximum absolute atomic E-state index is 11.5. The molecule has 0 saturated carbocycles. The number of hydrogen-bond acceptors (Lipinski definition) is 5. The molecule has 1 aromatic heterocycles. The van der Waals surface area contributed by atoms with E-state index in [1.165, 1.54) is 11.7 Å². The van der Waals surface area contributed by atoms with E-state index < -0.39 is 5.97 Å². The molecule has 0 atom stereocenters. The fraction of sp³-hybridized carbons (Fsp3) is 0.500. The van der Waals surface area contributed by atoms with Gasteiger partial charge in [0, 0.05) is 13.6 Å². The summed E-state index contributed by atoms with van der Waals surface area (Å²) in [5.41, 5.74) is 5.91. The number of nitrogens with two attached hydrogens (primary N) is 1. The molecule has 0 aliphatic rings. The Morgan fingerprint density at radius 2 is 2.31 bits per heavy atom. The Morgan fingerprint density at radius 1 is 1.62 bits per heavy atom. The van der Waals surface area contributed by atoms with Gasteiger partial charge in [-0.25, -0.2) is 4.68 Å². The highest BCUT2D eigenvalue weighted by molar-refractivity contribution is 5.80. The summed E-state index contributed by atoms with van der Waals surface area (Å²) in [5, 5.41) is 15.9. The van der Waals surface area contributed by atoms with E-state index in [1.54, 1.807) is 6.20 Å². The summed E-state index contributed by atoms with van der Waals surface area (Å²) in [5.74, 6) is -1.41. The molecular formula is C8H13N5O3. The van der Waals surface area contributed by atoms with Gasteiger partial charge in [0.1, 0.15) is 13.1 Å². The average Bonchev–Trinajstić information content (AvgIpc) is 2.64. The standard InChI is InChI=1S/C8H13N5O3/c1-12(5-8(15)16)7(14)4-13-3-6(2-9)10-11-13/h3H,2,4-5,9H2,1H3,(H,15,16). The van der Waals surface area contributed by atoms with Crippen LogP contribution in [0.25, 0.3) is 0 Å². The Balaban J connectivity index is 2.53. The van der Waals surface area contributed by atoms with Crippen molar-refractivity contribution < 1.29 is 14.7 Å². The van der Waals surface area contributed by atoms with Gasteiger partial charge in [-0.2, -0.15) is 0 Å². The molecule has 88 valence electrons. The van der Waals surface area contributed by atoms with Crippen molar-refractivity contribution in [2.24, 2.45) is 5.73 Å². The molecule has 1 rings (SSSR count). The van der Waals surface area contributed by atoms with Gasteiger partial charge >= 0.3 is 5.97 Å². The van der Waals surface area contributed by atoms with Gasteiger partial charge in [-0.3, -0.25) is 9.59 Å². The van der Waals surface area contributed by atoms with E-state index >= 15 is 0 Å². The third-order valence-corrected chi connectivity index (χ3v) is 1.89. The minimum absolute atomic E-state index is 0.0449. The summed E-state index contributed by atoms with van der Waals surface area (Å²) in [6.45, 7) is -0.132. The second-order valence-corrected chi connectivity index (χ2v) is 3.26. The lowest BCUT2D eigenvalue weighted by Crippen LogP contribution is -2.34. The fourth-order valence-electron chi connectivity index (χ4n) is 1.06. The van der Waals surface area contributed by atoms with Crippen molar-refractivity contribution in [2.75, 3.05) is 13.6 Å². The molecule has 1 heterocycles. The van der Waals surface area contributed by atoms with E-state index in [0.717, 1.165) is 4.90 Å². The summed E-state index contributed by atoms with van der Waals surface area (Å²) in [6, 6.07) is 0. The topological polar surface area (TPSA) is 114 Å². The number of aromatic nitrogens is 3. The van der Waals surface area contributed by atoms with Crippen molar-refractivity contribution >= 4 is 11.9 Å². The monoisotopic (exact) mass is 227 g/mol. The minimum Gasteiger partial charge on any atom is -0.480 e. The van der Waals surface area contributed by atoms with Gasteiger partial charge in [-0.15, -0.1) is 5.10 Å². The molecule has 1 amide bonds. The molecule has 0 aromatic carbocycles. The number of amides is 1. The Bertz CT molecular complexity index is 389. The molecule has 1 aromatic rings. The molecule has 0 radical (unpaired) electrons. The van der Waals surface area contributed by atoms with Crippen LogP contribution < -0.4 is 5.73 Å². The summed E-state index contributed by atoms with van der Waals surface area (Å²) >= 11 is 0. The van der Waals surface area contributed by atoms with E-state index in [2.05, 4.69) is 10.3 Å². The smallest absolute Gasteiger partial charge is 0.323 e. The van der Waals surface area contributed by atoms with Crippen LogP contribution in [0.3, 0.4) is 0 Å². The molecule has 8 heteroatoms. The number of likely N-dealkylation sites (N-methyl/N-ethyl adjacent to an activating group) is 1. The second-order valence-electron chi connectivity index (χ2n) is 3.26. The first kappa shape index (κ1) is 12.1. The summed E-state index contributed by atoms with van der Waals surface area (Å²) in [7, 11) is 1.41. The van der Waals surface area contributed by atoms with Gasteiger partial charge in [-0.05, 0) is 0 Å². The number of hydrogen-bond donors (Lipinski definition) is 2. The molecule has 0 saturated heterocycles. The predicted octanol–water partition coefficient (Wildman–Crippen LogP) is -1.72. The first-order chi connectivity index (χ1) is 7.52. The Labute approximate surface area is 91.6 Å². The van der Waals surface area contributed by atoms with E-state index in [1.807, 2.05) is 0 Å². The number of nitrogens with zero attached hydrogens (tertiary/aromatic N) is 4. The Kier molecular flexibility index (Phi) is 3.95. The van der Waals surface area contributed by atoms with E-state index in [0.29, 0.717) is 5.69 Å². The van der Waals surface area contributed by atoms with Crippen LogP contribution >= 0.6 is 0 Å². The molecule has 0 aliphatic carbocycles. The second kappa shape index (κ2) is 5.21. The van der Waals surface area contributed by atoms with Crippen LogP contribution in [0.5, 0.6) is 0 Å². The third kappa shape index (κ3) is 3.31. The highest BCUT2D eigenvalue weighted by atomic mass is 16.4. The van der Waals surface area contributed by atoms with Gasteiger partial charge in [0.2, 0.25) is 5.91 Å². The highest BCUT2D eigenvalue weighted by Crippen LogP contribution is 1.93. The molecule has 8 nitrogen and oxygen atoms in total. The van der Waals surface area contributed by atoms with Crippen LogP contribution in [0.1, 0.15) is 5.69 Å². The average molecular weight is 227 g/mol. The zero-order chi connectivity index (χ0) is 12.1. The van der Waals surface area contributed by atoms with Crippen molar-refractivity contribution in [1.29, 1.82) is 0 Å². The largest absolute Gasteiger partial charge is 0.480 e. The molecule has 3 N–H and O–H groups in total. The first-order valence-electron chi connectivity index (χ1n) is 4.57. The number of rotatable bonds is 5. The van der Waals surface area contributed by atoms with Gasteiger partial charge in [-0.1, -0.05) is 5.21 Å². The maximum atomic E-state index is 11.5. The molecular weight excluding hydrogens is 214 g/mol. The van der Waals surface area contributed by atoms with Crippen molar-refractivity contribution in [2.45, 2.75) is 13.1 Å². The quantitative estimate of drug-likeness (QED) is 0.618. The fourth-order valence-corrected chi connectivity index (χ4v) is 1.06. The number of carboxylic acid groups (broad SMARTS) is 1. The van der Waals surface area contributed by atoms with E-state index in [9.17, 15) is 9.59 Å². The molecule has 0 unspecified atom stereocenters. The van der Waals surface area contributed by atoms with Gasteiger partial charge < -0.3 is 15.7 Å². The Morgan fingerprint density at radius 3 is 2.81 bits per heavy atom. The SMILES string of the molecule is CN(CC(=O)O)C(=O)Cn1cc(CN)nn1. The molecule has 16 heavy (non-hydrogen) atoms. The summed E-state index contributed by atoms with van der Waals surface area (Å²) in [4.78, 5) is 23.0. The first-order valence-corrected chi connectivity index (χ1v) is 4.57. The lowest BCUT2D eigenvalue weighted by Gasteiger charge is -2.13. The predicted molar refractivity (Wildman–Crippen MR) is 53.2 cm³/mol. The minimum atomic E-state index is -1.06. The van der Waals surface area contributed by atoms with E-state index in [4.69, 9.17) is 10.8 Å². The van der Waals surface area contributed by atoms with Crippen molar-refractivity contribution in [1.82, 2.24) is 19.9 Å². The van der Waals surface area contributed by atoms with Crippen LogP contribution in [0, 0.1) is 0 Å². The summed E-state index contributed by atoms with van der Waals surface area (Å²) in [6.07, 6.45) is 1.55. The normalized spacial score (nSPS) is 10.1. The molecule has 0 spiro atoms. The number of carbonyl (C=O) groups excluding carboxylic acids is 1. The van der Waals surface area contributed by atoms with Crippen molar-refractivity contribution in [3.8, 4) is 0 Å². The van der Waals surface area contributed by atoms with Crippen LogP contribution in [0.4, 0.5) is 0 Å². The zero-order valence-electron chi connectivity index (χ0n) is 8.83. The van der Waals surface area contributed by atoms with Gasteiger partial charge in [0.05, 0.1) is 11.9 Å². The van der Waals surface area contributed by atoms with Crippen LogP contribution in [0.15, 0.2) is 6.20 Å². The number of carboxylic acids is 1. The van der Waals surface area contributed by atoms with Crippen molar-refractivity contribution in [3.63, 3.8) is 0 Å². The van der Waals surface area contributed by atoms with Crippen LogP contribution in [-0.4, -0.2) is 50.5 Å². The molecule has 0 bridgehead atoms. The highest BCUT2D eigenvalue weighted by Gasteiger charge is 2.13. The zero-order valence-corrected chi connectivity index (χ0v) is 8.83. The van der Waals surface area contributed by atoms with Crippen LogP contribution in [0.2, 0.25) is 0 Å². The van der Waals surface area contributed by atoms with Crippen LogP contribution in [-0.2, 0) is 22.7 Å². The van der Waals surface area contributed by atoms with Gasteiger partial charge in [0.15, 0.2) is 0 Å². The lowest BCUT2D eigenvalue weighted by molar-refractivity contribution is -0.143. The Hall–Kier alpha value is -1.96. The third-order valence-electron chi connectivity index (χ3n) is 1.89. The number of carbonyl (C=O) groups is 2.